The topological polar surface area (TPSA) is 88.8 Å². The van der Waals surface area contributed by atoms with E-state index in [2.05, 4.69) is 32.5 Å². The van der Waals surface area contributed by atoms with Crippen LogP contribution < -0.4 is 16.4 Å². The SMILES string of the molecule is CCCNc1ncnc(NCc2cccnc2)c1N. The van der Waals surface area contributed by atoms with Crippen LogP contribution >= 0.6 is 0 Å². The van der Waals surface area contributed by atoms with Crippen LogP contribution in [0.25, 0.3) is 0 Å². The van der Waals surface area contributed by atoms with E-state index in [0.29, 0.717) is 23.9 Å². The molecule has 2 aromatic heterocycles. The number of nitrogens with one attached hydrogen (secondary N) is 2. The second-order valence-electron chi connectivity index (χ2n) is 4.13. The van der Waals surface area contributed by atoms with Crippen LogP contribution in [-0.2, 0) is 6.54 Å². The predicted octanol–water partition coefficient (Wildman–Crippen LogP) is 1.89. The van der Waals surface area contributed by atoms with E-state index < -0.39 is 0 Å². The lowest BCUT2D eigenvalue weighted by atomic mass is 10.3. The van der Waals surface area contributed by atoms with E-state index in [1.165, 1.54) is 6.33 Å². The van der Waals surface area contributed by atoms with Gasteiger partial charge in [-0.05, 0) is 18.1 Å². The molecule has 0 atom stereocenters. The van der Waals surface area contributed by atoms with E-state index in [4.69, 9.17) is 5.73 Å². The Morgan fingerprint density at radius 1 is 1.21 bits per heavy atom. The van der Waals surface area contributed by atoms with Gasteiger partial charge in [0.25, 0.3) is 0 Å². The Hall–Kier alpha value is -2.37. The lowest BCUT2D eigenvalue weighted by Crippen LogP contribution is -2.10. The maximum atomic E-state index is 6.02. The lowest BCUT2D eigenvalue weighted by molar-refractivity contribution is 0.964. The van der Waals surface area contributed by atoms with E-state index in [1.807, 2.05) is 12.1 Å². The Morgan fingerprint density at radius 2 is 2.00 bits per heavy atom. The zero-order valence-electron chi connectivity index (χ0n) is 10.9. The first-order chi connectivity index (χ1) is 9.31. The number of nitrogens with two attached hydrogens (primary N) is 1. The van der Waals surface area contributed by atoms with Gasteiger partial charge >= 0.3 is 0 Å². The van der Waals surface area contributed by atoms with Crippen molar-refractivity contribution in [3.8, 4) is 0 Å². The van der Waals surface area contributed by atoms with Crippen LogP contribution in [0.2, 0.25) is 0 Å². The maximum Gasteiger partial charge on any atom is 0.155 e. The van der Waals surface area contributed by atoms with Crippen molar-refractivity contribution >= 4 is 17.3 Å². The standard InChI is InChI=1S/C13H18N6/c1-2-5-16-12-11(14)13(19-9-18-12)17-8-10-4-3-6-15-7-10/h3-4,6-7,9H,2,5,8,14H2,1H3,(H2,16,17,18,19). The fourth-order valence-corrected chi connectivity index (χ4v) is 1.61. The number of rotatable bonds is 6. The zero-order valence-corrected chi connectivity index (χ0v) is 10.9. The molecule has 0 aromatic carbocycles. The summed E-state index contributed by atoms with van der Waals surface area (Å²) in [5, 5.41) is 6.36. The van der Waals surface area contributed by atoms with Crippen molar-refractivity contribution < 1.29 is 0 Å². The molecule has 2 heterocycles. The monoisotopic (exact) mass is 258 g/mol. The Balaban J connectivity index is 2.04. The molecule has 0 bridgehead atoms. The third kappa shape index (κ3) is 3.54. The van der Waals surface area contributed by atoms with Gasteiger partial charge in [0.1, 0.15) is 12.0 Å². The van der Waals surface area contributed by atoms with Gasteiger partial charge in [0, 0.05) is 25.5 Å². The number of aromatic nitrogens is 3. The van der Waals surface area contributed by atoms with Gasteiger partial charge in [-0.3, -0.25) is 4.98 Å². The van der Waals surface area contributed by atoms with E-state index in [0.717, 1.165) is 18.5 Å². The number of hydrogen-bond acceptors (Lipinski definition) is 6. The molecule has 6 heteroatoms. The maximum absolute atomic E-state index is 6.02. The molecule has 0 saturated heterocycles. The first-order valence-corrected chi connectivity index (χ1v) is 6.28. The largest absolute Gasteiger partial charge is 0.393 e. The number of anilines is 3. The molecular weight excluding hydrogens is 240 g/mol. The molecule has 2 rings (SSSR count). The van der Waals surface area contributed by atoms with E-state index in [9.17, 15) is 0 Å². The summed E-state index contributed by atoms with van der Waals surface area (Å²) < 4.78 is 0. The molecule has 4 N–H and O–H groups in total. The summed E-state index contributed by atoms with van der Waals surface area (Å²) in [6, 6.07) is 3.89. The van der Waals surface area contributed by atoms with Gasteiger partial charge in [-0.1, -0.05) is 13.0 Å². The van der Waals surface area contributed by atoms with Crippen molar-refractivity contribution in [2.45, 2.75) is 19.9 Å². The number of hydrogen-bond donors (Lipinski definition) is 3. The minimum absolute atomic E-state index is 0.542. The van der Waals surface area contributed by atoms with Crippen LogP contribution in [0.4, 0.5) is 17.3 Å². The van der Waals surface area contributed by atoms with Gasteiger partial charge in [-0.25, -0.2) is 9.97 Å². The normalized spacial score (nSPS) is 10.2. The van der Waals surface area contributed by atoms with Crippen LogP contribution in [0.15, 0.2) is 30.9 Å². The van der Waals surface area contributed by atoms with Gasteiger partial charge in [0.05, 0.1) is 0 Å². The molecule has 100 valence electrons. The molecule has 19 heavy (non-hydrogen) atoms. The van der Waals surface area contributed by atoms with Crippen LogP contribution in [0.3, 0.4) is 0 Å². The van der Waals surface area contributed by atoms with E-state index in [-0.39, 0.29) is 0 Å². The van der Waals surface area contributed by atoms with E-state index in [1.54, 1.807) is 12.4 Å². The predicted molar refractivity (Wildman–Crippen MR) is 76.8 cm³/mol. The van der Waals surface area contributed by atoms with Crippen molar-refractivity contribution in [2.75, 3.05) is 22.9 Å². The average Bonchev–Trinajstić information content (AvgIpc) is 2.46. The number of pyridine rings is 1. The molecule has 0 aliphatic carbocycles. The molecule has 0 amide bonds. The summed E-state index contributed by atoms with van der Waals surface area (Å²) in [5.41, 5.74) is 7.64. The van der Waals surface area contributed by atoms with Gasteiger partial charge in [-0.2, -0.15) is 0 Å². The van der Waals surface area contributed by atoms with Crippen molar-refractivity contribution in [3.63, 3.8) is 0 Å². The van der Waals surface area contributed by atoms with E-state index >= 15 is 0 Å². The van der Waals surface area contributed by atoms with Gasteiger partial charge < -0.3 is 16.4 Å². The third-order valence-electron chi connectivity index (χ3n) is 2.61. The minimum atomic E-state index is 0.542. The number of nitrogen functional groups attached to an aromatic ring is 1. The highest BCUT2D eigenvalue weighted by Gasteiger charge is 2.06. The second-order valence-corrected chi connectivity index (χ2v) is 4.13. The summed E-state index contributed by atoms with van der Waals surface area (Å²) in [6.45, 7) is 3.55. The van der Waals surface area contributed by atoms with Gasteiger partial charge in [0.2, 0.25) is 0 Å². The fourth-order valence-electron chi connectivity index (χ4n) is 1.61. The Kier molecular flexibility index (Phi) is 4.49. The lowest BCUT2D eigenvalue weighted by Gasteiger charge is -2.11. The van der Waals surface area contributed by atoms with Crippen LogP contribution in [0.1, 0.15) is 18.9 Å². The van der Waals surface area contributed by atoms with Gasteiger partial charge in [-0.15, -0.1) is 0 Å². The minimum Gasteiger partial charge on any atom is -0.393 e. The summed E-state index contributed by atoms with van der Waals surface area (Å²) in [6.07, 6.45) is 6.07. The van der Waals surface area contributed by atoms with Crippen molar-refractivity contribution in [1.82, 2.24) is 15.0 Å². The molecule has 0 unspecified atom stereocenters. The zero-order chi connectivity index (χ0) is 13.5. The summed E-state index contributed by atoms with van der Waals surface area (Å²) in [4.78, 5) is 12.3. The van der Waals surface area contributed by atoms with Crippen molar-refractivity contribution in [3.05, 3.63) is 36.4 Å². The number of nitrogens with zero attached hydrogens (tertiary/aromatic N) is 3. The molecule has 0 fully saturated rings. The first-order valence-electron chi connectivity index (χ1n) is 6.28. The fraction of sp³-hybridized carbons (Fsp3) is 0.308. The molecular formula is C13H18N6. The highest BCUT2D eigenvalue weighted by Crippen LogP contribution is 2.22. The van der Waals surface area contributed by atoms with Crippen LogP contribution in [0.5, 0.6) is 0 Å². The average molecular weight is 258 g/mol. The first kappa shape index (κ1) is 13.1. The van der Waals surface area contributed by atoms with Crippen LogP contribution in [0, 0.1) is 0 Å². The molecule has 0 aliphatic heterocycles. The smallest absolute Gasteiger partial charge is 0.155 e. The molecule has 0 aliphatic rings. The molecule has 0 spiro atoms. The summed E-state index contributed by atoms with van der Waals surface area (Å²) >= 11 is 0. The Labute approximate surface area is 112 Å². The Bertz CT molecular complexity index is 514. The van der Waals surface area contributed by atoms with Crippen molar-refractivity contribution in [1.29, 1.82) is 0 Å². The highest BCUT2D eigenvalue weighted by molar-refractivity contribution is 5.73. The van der Waals surface area contributed by atoms with Crippen LogP contribution in [-0.4, -0.2) is 21.5 Å². The second kappa shape index (κ2) is 6.53. The highest BCUT2D eigenvalue weighted by atomic mass is 15.1. The van der Waals surface area contributed by atoms with Gasteiger partial charge in [0.15, 0.2) is 11.6 Å². The molecule has 6 nitrogen and oxygen atoms in total. The molecule has 0 radical (unpaired) electrons. The summed E-state index contributed by atoms with van der Waals surface area (Å²) in [5.74, 6) is 1.31. The quantitative estimate of drug-likeness (QED) is 0.733. The molecule has 2 aromatic rings. The van der Waals surface area contributed by atoms with Crippen molar-refractivity contribution in [2.24, 2.45) is 0 Å². The third-order valence-corrected chi connectivity index (χ3v) is 2.61. The summed E-state index contributed by atoms with van der Waals surface area (Å²) in [7, 11) is 0. The Morgan fingerprint density at radius 3 is 2.68 bits per heavy atom. The molecule has 0 saturated carbocycles.